The zero-order valence-corrected chi connectivity index (χ0v) is 17.2. The molecule has 0 fully saturated rings. The average molecular weight is 405 g/mol. The molecule has 2 aromatic carbocycles. The first-order valence-corrected chi connectivity index (χ1v) is 10.2. The van der Waals surface area contributed by atoms with E-state index >= 15 is 0 Å². The lowest BCUT2D eigenvalue weighted by atomic mass is 10.0. The number of aromatic nitrogens is 5. The number of pyridine rings is 1. The monoisotopic (exact) mass is 405 g/mol. The smallest absolute Gasteiger partial charge is 0.170 e. The van der Waals surface area contributed by atoms with E-state index < -0.39 is 0 Å². The van der Waals surface area contributed by atoms with Crippen LogP contribution in [0.4, 0.5) is 0 Å². The molecule has 0 radical (unpaired) electrons. The van der Waals surface area contributed by atoms with Crippen molar-refractivity contribution < 1.29 is 4.52 Å². The van der Waals surface area contributed by atoms with Crippen molar-refractivity contribution in [2.45, 2.75) is 20.4 Å². The molecule has 0 saturated heterocycles. The van der Waals surface area contributed by atoms with Crippen molar-refractivity contribution in [1.82, 2.24) is 24.9 Å². The summed E-state index contributed by atoms with van der Waals surface area (Å²) >= 11 is 0. The van der Waals surface area contributed by atoms with Gasteiger partial charge in [-0.25, -0.2) is 0 Å². The van der Waals surface area contributed by atoms with Gasteiger partial charge >= 0.3 is 0 Å². The van der Waals surface area contributed by atoms with Crippen LogP contribution in [0.25, 0.3) is 45.3 Å². The Morgan fingerprint density at radius 3 is 2.52 bits per heavy atom. The molecule has 0 aliphatic carbocycles. The number of rotatable bonds is 3. The molecule has 31 heavy (non-hydrogen) atoms. The third-order valence-electron chi connectivity index (χ3n) is 5.77. The summed E-state index contributed by atoms with van der Waals surface area (Å²) in [5.41, 5.74) is 8.15. The van der Waals surface area contributed by atoms with Gasteiger partial charge in [-0.05, 0) is 37.1 Å². The van der Waals surface area contributed by atoms with Crippen LogP contribution in [0.3, 0.4) is 0 Å². The number of benzene rings is 2. The molecule has 150 valence electrons. The van der Waals surface area contributed by atoms with E-state index in [4.69, 9.17) is 4.52 Å². The minimum atomic E-state index is 0.716. The van der Waals surface area contributed by atoms with E-state index in [2.05, 4.69) is 55.2 Å². The number of fused-ring (bicyclic) bond motifs is 3. The molecule has 0 bridgehead atoms. The van der Waals surface area contributed by atoms with Gasteiger partial charge in [0.05, 0.1) is 17.8 Å². The van der Waals surface area contributed by atoms with Gasteiger partial charge in [0.15, 0.2) is 11.6 Å². The van der Waals surface area contributed by atoms with E-state index in [-0.39, 0.29) is 0 Å². The fourth-order valence-electron chi connectivity index (χ4n) is 4.16. The second-order valence-electron chi connectivity index (χ2n) is 7.85. The zero-order valence-electron chi connectivity index (χ0n) is 17.2. The molecule has 0 atom stereocenters. The van der Waals surface area contributed by atoms with Crippen LogP contribution in [0.1, 0.15) is 16.9 Å². The molecule has 1 aliphatic heterocycles. The van der Waals surface area contributed by atoms with Crippen molar-refractivity contribution in [3.8, 4) is 45.3 Å². The summed E-state index contributed by atoms with van der Waals surface area (Å²) in [6.07, 6.45) is 1.89. The standard InChI is InChI=1S/C25H19N5O/c1-15-8-11-21(26-13-15)18-9-10-19-14-30-24(20(19)12-18)27-28-25(30)22-16(2)31-29-23(22)17-6-4-3-5-7-17/h3-13H,14H2,1-2H3. The quantitative estimate of drug-likeness (QED) is 0.399. The molecule has 1 aliphatic rings. The lowest BCUT2D eigenvalue weighted by molar-refractivity contribution is 0.400. The van der Waals surface area contributed by atoms with Crippen molar-refractivity contribution in [2.24, 2.45) is 0 Å². The van der Waals surface area contributed by atoms with Crippen LogP contribution in [0.15, 0.2) is 71.4 Å². The predicted molar refractivity (Wildman–Crippen MR) is 118 cm³/mol. The van der Waals surface area contributed by atoms with Crippen LogP contribution >= 0.6 is 0 Å². The molecule has 4 heterocycles. The van der Waals surface area contributed by atoms with Crippen LogP contribution < -0.4 is 0 Å². The molecule has 3 aromatic heterocycles. The Kier molecular flexibility index (Phi) is 3.86. The average Bonchev–Trinajstić information content (AvgIpc) is 3.48. The second-order valence-corrected chi connectivity index (χ2v) is 7.85. The van der Waals surface area contributed by atoms with Crippen molar-refractivity contribution >= 4 is 0 Å². The third-order valence-corrected chi connectivity index (χ3v) is 5.77. The molecule has 0 amide bonds. The first kappa shape index (κ1) is 17.8. The zero-order chi connectivity index (χ0) is 20.9. The summed E-state index contributed by atoms with van der Waals surface area (Å²) in [5.74, 6) is 2.37. The lowest BCUT2D eigenvalue weighted by Crippen LogP contribution is -1.98. The first-order valence-electron chi connectivity index (χ1n) is 10.2. The van der Waals surface area contributed by atoms with E-state index in [1.54, 1.807) is 0 Å². The molecular weight excluding hydrogens is 386 g/mol. The van der Waals surface area contributed by atoms with Crippen LogP contribution in [0.5, 0.6) is 0 Å². The summed E-state index contributed by atoms with van der Waals surface area (Å²) in [5, 5.41) is 13.4. The number of aryl methyl sites for hydroxylation is 2. The van der Waals surface area contributed by atoms with Crippen LogP contribution in [-0.2, 0) is 6.54 Å². The highest BCUT2D eigenvalue weighted by atomic mass is 16.5. The molecule has 0 unspecified atom stereocenters. The summed E-state index contributed by atoms with van der Waals surface area (Å²) in [6, 6.07) is 20.6. The normalized spacial score (nSPS) is 12.1. The van der Waals surface area contributed by atoms with Crippen molar-refractivity contribution in [1.29, 1.82) is 0 Å². The Balaban J connectivity index is 1.46. The van der Waals surface area contributed by atoms with Gasteiger partial charge in [-0.1, -0.05) is 53.7 Å². The summed E-state index contributed by atoms with van der Waals surface area (Å²) in [4.78, 5) is 4.57. The molecule has 5 aromatic rings. The van der Waals surface area contributed by atoms with Gasteiger partial charge in [0, 0.05) is 22.9 Å². The fourth-order valence-corrected chi connectivity index (χ4v) is 4.16. The lowest BCUT2D eigenvalue weighted by Gasteiger charge is -2.05. The Hall–Kier alpha value is -4.06. The van der Waals surface area contributed by atoms with E-state index in [0.29, 0.717) is 6.54 Å². The molecule has 0 saturated carbocycles. The van der Waals surface area contributed by atoms with Gasteiger partial charge in [-0.2, -0.15) is 0 Å². The van der Waals surface area contributed by atoms with Gasteiger partial charge < -0.3 is 9.09 Å². The van der Waals surface area contributed by atoms with E-state index in [1.807, 2.05) is 50.4 Å². The molecule has 6 nitrogen and oxygen atoms in total. The minimum Gasteiger partial charge on any atom is -0.360 e. The Labute approximate surface area is 179 Å². The molecule has 6 heteroatoms. The topological polar surface area (TPSA) is 69.6 Å². The van der Waals surface area contributed by atoms with Gasteiger partial charge in [0.25, 0.3) is 0 Å². The third kappa shape index (κ3) is 2.79. The number of hydrogen-bond acceptors (Lipinski definition) is 5. The summed E-state index contributed by atoms with van der Waals surface area (Å²) < 4.78 is 7.70. The number of nitrogens with zero attached hydrogens (tertiary/aromatic N) is 5. The Morgan fingerprint density at radius 1 is 0.871 bits per heavy atom. The molecule has 6 rings (SSSR count). The van der Waals surface area contributed by atoms with E-state index in [9.17, 15) is 0 Å². The SMILES string of the molecule is Cc1ccc(-c2ccc3c(c2)-c2nnc(-c4c(-c5ccccc5)noc4C)n2C3)nc1. The van der Waals surface area contributed by atoms with Gasteiger partial charge in [-0.3, -0.25) is 4.98 Å². The van der Waals surface area contributed by atoms with Crippen molar-refractivity contribution in [3.63, 3.8) is 0 Å². The second kappa shape index (κ2) is 6.74. The van der Waals surface area contributed by atoms with Gasteiger partial charge in [0.1, 0.15) is 11.5 Å². The van der Waals surface area contributed by atoms with Gasteiger partial charge in [-0.15, -0.1) is 10.2 Å². The van der Waals surface area contributed by atoms with Gasteiger partial charge in [0.2, 0.25) is 0 Å². The highest BCUT2D eigenvalue weighted by Gasteiger charge is 2.29. The summed E-state index contributed by atoms with van der Waals surface area (Å²) in [6.45, 7) is 4.67. The van der Waals surface area contributed by atoms with Crippen molar-refractivity contribution in [3.05, 3.63) is 83.7 Å². The highest BCUT2D eigenvalue weighted by molar-refractivity contribution is 5.81. The fraction of sp³-hybridized carbons (Fsp3) is 0.120. The maximum Gasteiger partial charge on any atom is 0.170 e. The first-order chi connectivity index (χ1) is 15.2. The van der Waals surface area contributed by atoms with Crippen molar-refractivity contribution in [2.75, 3.05) is 0 Å². The maximum absolute atomic E-state index is 5.56. The maximum atomic E-state index is 5.56. The van der Waals surface area contributed by atoms with Crippen LogP contribution in [0, 0.1) is 13.8 Å². The molecule has 0 spiro atoms. The molecular formula is C25H19N5O. The number of hydrogen-bond donors (Lipinski definition) is 0. The minimum absolute atomic E-state index is 0.716. The predicted octanol–water partition coefficient (Wildman–Crippen LogP) is 5.31. The largest absolute Gasteiger partial charge is 0.360 e. The van der Waals surface area contributed by atoms with E-state index in [0.717, 1.165) is 56.6 Å². The van der Waals surface area contributed by atoms with Crippen LogP contribution in [0.2, 0.25) is 0 Å². The Bertz CT molecular complexity index is 1410. The summed E-state index contributed by atoms with van der Waals surface area (Å²) in [7, 11) is 0. The van der Waals surface area contributed by atoms with Crippen LogP contribution in [-0.4, -0.2) is 24.9 Å². The Morgan fingerprint density at radius 2 is 1.71 bits per heavy atom. The van der Waals surface area contributed by atoms with E-state index in [1.165, 1.54) is 5.56 Å². The highest BCUT2D eigenvalue weighted by Crippen LogP contribution is 2.39. The molecule has 0 N–H and O–H groups in total.